The Balaban J connectivity index is 2.08. The zero-order valence-corrected chi connectivity index (χ0v) is 10.8. The summed E-state index contributed by atoms with van der Waals surface area (Å²) in [5.74, 6) is 1.26. The maximum Gasteiger partial charge on any atom is 0.196 e. The summed E-state index contributed by atoms with van der Waals surface area (Å²) in [5.41, 5.74) is 0. The maximum atomic E-state index is 11.2. The number of hydrogen-bond donors (Lipinski definition) is 0. The molecule has 94 valence electrons. The van der Waals surface area contributed by atoms with Crippen LogP contribution in [0.4, 0.5) is 5.88 Å². The first-order valence-corrected chi connectivity index (χ1v) is 6.10. The Kier molecular flexibility index (Phi) is 3.52. The van der Waals surface area contributed by atoms with Crippen molar-refractivity contribution in [3.05, 3.63) is 17.9 Å². The van der Waals surface area contributed by atoms with Gasteiger partial charge in [0.15, 0.2) is 17.4 Å². The van der Waals surface area contributed by atoms with E-state index in [1.807, 2.05) is 6.07 Å². The first kappa shape index (κ1) is 12.2. The predicted molar refractivity (Wildman–Crippen MR) is 67.6 cm³/mol. The average Bonchev–Trinajstić information content (AvgIpc) is 2.78. The van der Waals surface area contributed by atoms with Gasteiger partial charge in [0.1, 0.15) is 0 Å². The number of nitrogens with zero attached hydrogens (tertiary/aromatic N) is 2. The molecule has 1 aromatic rings. The summed E-state index contributed by atoms with van der Waals surface area (Å²) < 4.78 is 5.57. The lowest BCUT2D eigenvalue weighted by Crippen LogP contribution is -2.45. The first-order valence-electron chi connectivity index (χ1n) is 6.10. The van der Waals surface area contributed by atoms with Crippen LogP contribution in [-0.4, -0.2) is 43.9 Å². The largest absolute Gasteiger partial charge is 0.437 e. The minimum atomic E-state index is -0.0163. The number of furan rings is 1. The van der Waals surface area contributed by atoms with Crippen molar-refractivity contribution in [1.29, 1.82) is 0 Å². The van der Waals surface area contributed by atoms with E-state index in [1.165, 1.54) is 19.8 Å². The van der Waals surface area contributed by atoms with Crippen molar-refractivity contribution in [1.82, 2.24) is 4.90 Å². The molecule has 17 heavy (non-hydrogen) atoms. The standard InChI is InChI=1S/C13H20N2O2/c1-10(16)12-6-7-13(17-12)15-8-4-5-11(9-15)14(2)3/h6-7,11H,4-5,8-9H2,1-3H3. The lowest BCUT2D eigenvalue weighted by molar-refractivity contribution is 0.0987. The molecule has 4 heteroatoms. The van der Waals surface area contributed by atoms with Gasteiger partial charge >= 0.3 is 0 Å². The number of carbonyl (C=O) groups excluding carboxylic acids is 1. The van der Waals surface area contributed by atoms with E-state index < -0.39 is 0 Å². The number of likely N-dealkylation sites (N-methyl/N-ethyl adjacent to an activating group) is 1. The lowest BCUT2D eigenvalue weighted by atomic mass is 10.1. The van der Waals surface area contributed by atoms with Crippen LogP contribution in [0, 0.1) is 0 Å². The molecule has 4 nitrogen and oxygen atoms in total. The molecule has 1 aliphatic heterocycles. The quantitative estimate of drug-likeness (QED) is 0.752. The van der Waals surface area contributed by atoms with E-state index >= 15 is 0 Å². The number of hydrogen-bond acceptors (Lipinski definition) is 4. The summed E-state index contributed by atoms with van der Waals surface area (Å²) in [5, 5.41) is 0. The summed E-state index contributed by atoms with van der Waals surface area (Å²) in [6.07, 6.45) is 2.39. The number of piperidine rings is 1. The Morgan fingerprint density at radius 2 is 2.24 bits per heavy atom. The second-order valence-corrected chi connectivity index (χ2v) is 4.90. The van der Waals surface area contributed by atoms with Crippen molar-refractivity contribution < 1.29 is 9.21 Å². The first-order chi connectivity index (χ1) is 8.08. The monoisotopic (exact) mass is 236 g/mol. The van der Waals surface area contributed by atoms with Crippen molar-refractivity contribution in [2.45, 2.75) is 25.8 Å². The van der Waals surface area contributed by atoms with Gasteiger partial charge in [0.2, 0.25) is 0 Å². The molecular formula is C13H20N2O2. The van der Waals surface area contributed by atoms with E-state index in [0.717, 1.165) is 19.0 Å². The third kappa shape index (κ3) is 2.69. The van der Waals surface area contributed by atoms with Crippen LogP contribution in [0.3, 0.4) is 0 Å². The molecule has 0 aromatic carbocycles. The van der Waals surface area contributed by atoms with Gasteiger partial charge in [-0.2, -0.15) is 0 Å². The molecule has 0 bridgehead atoms. The molecule has 1 saturated heterocycles. The fourth-order valence-electron chi connectivity index (χ4n) is 2.26. The van der Waals surface area contributed by atoms with Gasteiger partial charge in [0.05, 0.1) is 0 Å². The molecule has 1 atom stereocenters. The Labute approximate surface area is 102 Å². The highest BCUT2D eigenvalue weighted by Gasteiger charge is 2.23. The highest BCUT2D eigenvalue weighted by atomic mass is 16.4. The van der Waals surface area contributed by atoms with Crippen LogP contribution >= 0.6 is 0 Å². The summed E-state index contributed by atoms with van der Waals surface area (Å²) in [7, 11) is 4.22. The van der Waals surface area contributed by atoms with E-state index in [2.05, 4.69) is 23.9 Å². The molecule has 0 amide bonds. The number of carbonyl (C=O) groups is 1. The molecule has 1 aromatic heterocycles. The zero-order chi connectivity index (χ0) is 12.4. The van der Waals surface area contributed by atoms with Gasteiger partial charge in [0.25, 0.3) is 0 Å². The molecule has 1 aliphatic rings. The Morgan fingerprint density at radius 3 is 2.82 bits per heavy atom. The average molecular weight is 236 g/mol. The van der Waals surface area contributed by atoms with Crippen molar-refractivity contribution in [3.63, 3.8) is 0 Å². The summed E-state index contributed by atoms with van der Waals surface area (Å²) in [4.78, 5) is 15.7. The molecule has 1 unspecified atom stereocenters. The van der Waals surface area contributed by atoms with Crippen molar-refractivity contribution in [2.75, 3.05) is 32.1 Å². The fraction of sp³-hybridized carbons (Fsp3) is 0.615. The van der Waals surface area contributed by atoms with Crippen LogP contribution in [0.1, 0.15) is 30.3 Å². The lowest BCUT2D eigenvalue weighted by Gasteiger charge is -2.35. The van der Waals surface area contributed by atoms with Gasteiger partial charge in [-0.05, 0) is 33.0 Å². The van der Waals surface area contributed by atoms with Crippen LogP contribution < -0.4 is 4.90 Å². The van der Waals surface area contributed by atoms with Crippen molar-refractivity contribution in [3.8, 4) is 0 Å². The number of anilines is 1. The maximum absolute atomic E-state index is 11.2. The van der Waals surface area contributed by atoms with Gasteiger partial charge in [-0.15, -0.1) is 0 Å². The highest BCUT2D eigenvalue weighted by Crippen LogP contribution is 2.24. The summed E-state index contributed by atoms with van der Waals surface area (Å²) >= 11 is 0. The Hall–Kier alpha value is -1.29. The van der Waals surface area contributed by atoms with Crippen LogP contribution in [0.15, 0.2) is 16.5 Å². The molecule has 1 fully saturated rings. The number of rotatable bonds is 3. The van der Waals surface area contributed by atoms with E-state index in [0.29, 0.717) is 11.8 Å². The second kappa shape index (κ2) is 4.92. The van der Waals surface area contributed by atoms with Gasteiger partial charge < -0.3 is 14.2 Å². The van der Waals surface area contributed by atoms with Crippen molar-refractivity contribution >= 4 is 11.7 Å². The fourth-order valence-corrected chi connectivity index (χ4v) is 2.26. The predicted octanol–water partition coefficient (Wildman–Crippen LogP) is 2.01. The van der Waals surface area contributed by atoms with E-state index in [9.17, 15) is 4.79 Å². The van der Waals surface area contributed by atoms with E-state index in [4.69, 9.17) is 4.42 Å². The molecule has 0 spiro atoms. The molecule has 0 aliphatic carbocycles. The molecule has 0 radical (unpaired) electrons. The third-order valence-corrected chi connectivity index (χ3v) is 3.38. The van der Waals surface area contributed by atoms with Gasteiger partial charge in [-0.3, -0.25) is 4.79 Å². The smallest absolute Gasteiger partial charge is 0.196 e. The van der Waals surface area contributed by atoms with Crippen LogP contribution in [0.5, 0.6) is 0 Å². The molecular weight excluding hydrogens is 216 g/mol. The van der Waals surface area contributed by atoms with Crippen LogP contribution in [0.2, 0.25) is 0 Å². The minimum Gasteiger partial charge on any atom is -0.437 e. The Bertz CT molecular complexity index is 398. The minimum absolute atomic E-state index is 0.0163. The van der Waals surface area contributed by atoms with Gasteiger partial charge in [0, 0.05) is 32.1 Å². The third-order valence-electron chi connectivity index (χ3n) is 3.38. The van der Waals surface area contributed by atoms with Crippen LogP contribution in [0.25, 0.3) is 0 Å². The van der Waals surface area contributed by atoms with Gasteiger partial charge in [-0.1, -0.05) is 0 Å². The van der Waals surface area contributed by atoms with Gasteiger partial charge in [-0.25, -0.2) is 0 Å². The number of Topliss-reactive ketones (excluding diaryl/α,β-unsaturated/α-hetero) is 1. The topological polar surface area (TPSA) is 36.7 Å². The van der Waals surface area contributed by atoms with Crippen molar-refractivity contribution in [2.24, 2.45) is 0 Å². The number of ketones is 1. The highest BCUT2D eigenvalue weighted by molar-refractivity contribution is 5.91. The molecule has 0 saturated carbocycles. The Morgan fingerprint density at radius 1 is 1.47 bits per heavy atom. The normalized spacial score (nSPS) is 20.9. The summed E-state index contributed by atoms with van der Waals surface area (Å²) in [6, 6.07) is 4.22. The zero-order valence-electron chi connectivity index (χ0n) is 10.8. The molecule has 2 rings (SSSR count). The second-order valence-electron chi connectivity index (χ2n) is 4.90. The SMILES string of the molecule is CC(=O)c1ccc(N2CCCC(N(C)C)C2)o1. The van der Waals surface area contributed by atoms with Crippen LogP contribution in [-0.2, 0) is 0 Å². The van der Waals surface area contributed by atoms with E-state index in [1.54, 1.807) is 6.07 Å². The summed E-state index contributed by atoms with van der Waals surface area (Å²) in [6.45, 7) is 3.51. The van der Waals surface area contributed by atoms with E-state index in [-0.39, 0.29) is 5.78 Å². The molecule has 2 heterocycles. The molecule has 0 N–H and O–H groups in total.